The summed E-state index contributed by atoms with van der Waals surface area (Å²) < 4.78 is 0. The highest BCUT2D eigenvalue weighted by atomic mass is 16.2. The van der Waals surface area contributed by atoms with Gasteiger partial charge in [-0.3, -0.25) is 4.79 Å². The van der Waals surface area contributed by atoms with Gasteiger partial charge in [-0.25, -0.2) is 0 Å². The van der Waals surface area contributed by atoms with Crippen molar-refractivity contribution in [2.24, 2.45) is 17.1 Å². The molecule has 1 aliphatic heterocycles. The molecule has 1 amide bonds. The number of nitrogens with two attached hydrogens (primary N) is 1. The van der Waals surface area contributed by atoms with Gasteiger partial charge in [0.2, 0.25) is 5.91 Å². The molecule has 1 aliphatic rings. The molecule has 1 fully saturated rings. The summed E-state index contributed by atoms with van der Waals surface area (Å²) in [5.41, 5.74) is 5.89. The van der Waals surface area contributed by atoms with E-state index in [1.165, 1.54) is 0 Å². The number of likely N-dealkylation sites (tertiary alicyclic amines) is 1. The summed E-state index contributed by atoms with van der Waals surface area (Å²) in [6.07, 6.45) is 2.24. The van der Waals surface area contributed by atoms with E-state index in [1.807, 2.05) is 25.7 Å². The first kappa shape index (κ1) is 13.5. The lowest BCUT2D eigenvalue weighted by molar-refractivity contribution is -0.136. The lowest BCUT2D eigenvalue weighted by atomic mass is 9.86. The number of rotatable bonds is 2. The van der Waals surface area contributed by atoms with Crippen LogP contribution < -0.4 is 5.73 Å². The summed E-state index contributed by atoms with van der Waals surface area (Å²) >= 11 is 0. The second kappa shape index (κ2) is 4.74. The van der Waals surface area contributed by atoms with Gasteiger partial charge < -0.3 is 10.6 Å². The highest BCUT2D eigenvalue weighted by Crippen LogP contribution is 2.27. The first-order valence-corrected chi connectivity index (χ1v) is 6.31. The second-order valence-corrected chi connectivity index (χ2v) is 6.33. The van der Waals surface area contributed by atoms with Crippen molar-refractivity contribution in [1.82, 2.24) is 4.90 Å². The van der Waals surface area contributed by atoms with E-state index < -0.39 is 0 Å². The quantitative estimate of drug-likeness (QED) is 0.783. The molecule has 2 atom stereocenters. The van der Waals surface area contributed by atoms with Crippen LogP contribution in [0.3, 0.4) is 0 Å². The SMILES string of the molecule is CC(C)C1CCCN1C(=O)[C@H](N)C(C)(C)C. The molecule has 1 saturated heterocycles. The first-order chi connectivity index (χ1) is 7.25. The van der Waals surface area contributed by atoms with Gasteiger partial charge in [-0.15, -0.1) is 0 Å². The maximum absolute atomic E-state index is 12.3. The van der Waals surface area contributed by atoms with E-state index in [0.717, 1.165) is 19.4 Å². The molecule has 3 heteroatoms. The Morgan fingerprint density at radius 2 is 1.94 bits per heavy atom. The Morgan fingerprint density at radius 3 is 2.38 bits per heavy atom. The highest BCUT2D eigenvalue weighted by molar-refractivity contribution is 5.83. The predicted molar refractivity (Wildman–Crippen MR) is 67.0 cm³/mol. The molecule has 2 N–H and O–H groups in total. The summed E-state index contributed by atoms with van der Waals surface area (Å²) in [5, 5.41) is 0. The Kier molecular flexibility index (Phi) is 4.00. The molecule has 0 aromatic carbocycles. The number of amides is 1. The Hall–Kier alpha value is -0.570. The number of hydrogen-bond donors (Lipinski definition) is 1. The van der Waals surface area contributed by atoms with Crippen LogP contribution in [-0.2, 0) is 4.79 Å². The largest absolute Gasteiger partial charge is 0.338 e. The van der Waals surface area contributed by atoms with Crippen molar-refractivity contribution >= 4 is 5.91 Å². The molecule has 3 nitrogen and oxygen atoms in total. The van der Waals surface area contributed by atoms with Gasteiger partial charge in [0, 0.05) is 12.6 Å². The van der Waals surface area contributed by atoms with Crippen LogP contribution in [0.4, 0.5) is 0 Å². The summed E-state index contributed by atoms with van der Waals surface area (Å²) in [5.74, 6) is 0.655. The zero-order valence-electron chi connectivity index (χ0n) is 11.3. The van der Waals surface area contributed by atoms with Crippen molar-refractivity contribution < 1.29 is 4.79 Å². The van der Waals surface area contributed by atoms with Gasteiger partial charge in [-0.2, -0.15) is 0 Å². The fourth-order valence-electron chi connectivity index (χ4n) is 2.31. The van der Waals surface area contributed by atoms with E-state index in [0.29, 0.717) is 12.0 Å². The lowest BCUT2D eigenvalue weighted by Crippen LogP contribution is -2.52. The highest BCUT2D eigenvalue weighted by Gasteiger charge is 2.37. The van der Waals surface area contributed by atoms with E-state index in [1.54, 1.807) is 0 Å². The van der Waals surface area contributed by atoms with Crippen molar-refractivity contribution in [3.63, 3.8) is 0 Å². The Bertz CT molecular complexity index is 255. The molecule has 94 valence electrons. The fraction of sp³-hybridized carbons (Fsp3) is 0.923. The van der Waals surface area contributed by atoms with Gasteiger partial charge in [0.1, 0.15) is 0 Å². The van der Waals surface area contributed by atoms with Crippen LogP contribution in [0.2, 0.25) is 0 Å². The summed E-state index contributed by atoms with van der Waals surface area (Å²) in [7, 11) is 0. The summed E-state index contributed by atoms with van der Waals surface area (Å²) in [6, 6.07) is 0.00718. The lowest BCUT2D eigenvalue weighted by Gasteiger charge is -2.34. The third-order valence-electron chi connectivity index (χ3n) is 3.55. The van der Waals surface area contributed by atoms with Crippen LogP contribution in [0.5, 0.6) is 0 Å². The van der Waals surface area contributed by atoms with E-state index >= 15 is 0 Å². The van der Waals surface area contributed by atoms with Gasteiger partial charge in [0.15, 0.2) is 0 Å². The van der Waals surface area contributed by atoms with Gasteiger partial charge in [-0.1, -0.05) is 34.6 Å². The minimum atomic E-state index is -0.383. The molecule has 0 spiro atoms. The minimum Gasteiger partial charge on any atom is -0.338 e. The van der Waals surface area contributed by atoms with Crippen molar-refractivity contribution in [2.75, 3.05) is 6.54 Å². The topological polar surface area (TPSA) is 46.3 Å². The average Bonchev–Trinajstić information content (AvgIpc) is 2.62. The maximum atomic E-state index is 12.3. The average molecular weight is 226 g/mol. The summed E-state index contributed by atoms with van der Waals surface area (Å²) in [6.45, 7) is 11.3. The third kappa shape index (κ3) is 2.76. The molecule has 0 saturated carbocycles. The summed E-state index contributed by atoms with van der Waals surface area (Å²) in [4.78, 5) is 14.3. The van der Waals surface area contributed by atoms with Gasteiger partial charge in [0.25, 0.3) is 0 Å². The molecular weight excluding hydrogens is 200 g/mol. The molecule has 0 bridgehead atoms. The standard InChI is InChI=1S/C13H26N2O/c1-9(2)10-7-6-8-15(10)12(16)11(14)13(3,4)5/h9-11H,6-8,14H2,1-5H3/t10?,11-/m0/s1. The Balaban J connectivity index is 2.74. The zero-order chi connectivity index (χ0) is 12.5. The van der Waals surface area contributed by atoms with Crippen molar-refractivity contribution in [3.8, 4) is 0 Å². The zero-order valence-corrected chi connectivity index (χ0v) is 11.3. The van der Waals surface area contributed by atoms with Crippen LogP contribution in [-0.4, -0.2) is 29.4 Å². The van der Waals surface area contributed by atoms with Crippen LogP contribution in [0, 0.1) is 11.3 Å². The Morgan fingerprint density at radius 1 is 1.38 bits per heavy atom. The van der Waals surface area contributed by atoms with E-state index in [9.17, 15) is 4.79 Å². The first-order valence-electron chi connectivity index (χ1n) is 6.31. The molecule has 1 heterocycles. The number of carbonyl (C=O) groups excluding carboxylic acids is 1. The number of carbonyl (C=O) groups is 1. The van der Waals surface area contributed by atoms with Crippen molar-refractivity contribution in [3.05, 3.63) is 0 Å². The van der Waals surface area contributed by atoms with E-state index in [-0.39, 0.29) is 17.4 Å². The second-order valence-electron chi connectivity index (χ2n) is 6.33. The molecule has 0 aromatic heterocycles. The normalized spacial score (nSPS) is 23.9. The van der Waals surface area contributed by atoms with Crippen LogP contribution >= 0.6 is 0 Å². The molecular formula is C13H26N2O. The van der Waals surface area contributed by atoms with Gasteiger partial charge in [-0.05, 0) is 24.2 Å². The smallest absolute Gasteiger partial charge is 0.240 e. The maximum Gasteiger partial charge on any atom is 0.240 e. The molecule has 0 radical (unpaired) electrons. The van der Waals surface area contributed by atoms with Crippen LogP contribution in [0.1, 0.15) is 47.5 Å². The van der Waals surface area contributed by atoms with Crippen molar-refractivity contribution in [2.45, 2.75) is 59.5 Å². The molecule has 0 aromatic rings. The predicted octanol–water partition coefficient (Wildman–Crippen LogP) is 2.01. The van der Waals surface area contributed by atoms with Gasteiger partial charge >= 0.3 is 0 Å². The monoisotopic (exact) mass is 226 g/mol. The molecule has 1 rings (SSSR count). The van der Waals surface area contributed by atoms with Crippen molar-refractivity contribution in [1.29, 1.82) is 0 Å². The van der Waals surface area contributed by atoms with Crippen LogP contribution in [0.15, 0.2) is 0 Å². The van der Waals surface area contributed by atoms with Crippen LogP contribution in [0.25, 0.3) is 0 Å². The number of hydrogen-bond acceptors (Lipinski definition) is 2. The molecule has 16 heavy (non-hydrogen) atoms. The fourth-order valence-corrected chi connectivity index (χ4v) is 2.31. The van der Waals surface area contributed by atoms with Gasteiger partial charge in [0.05, 0.1) is 6.04 Å². The van der Waals surface area contributed by atoms with E-state index in [2.05, 4.69) is 13.8 Å². The minimum absolute atomic E-state index is 0.128. The Labute approximate surface area is 99.4 Å². The molecule has 0 aliphatic carbocycles. The number of nitrogens with zero attached hydrogens (tertiary/aromatic N) is 1. The molecule has 1 unspecified atom stereocenters. The third-order valence-corrected chi connectivity index (χ3v) is 3.55. The van der Waals surface area contributed by atoms with E-state index in [4.69, 9.17) is 5.73 Å².